The molecule has 2 saturated carbocycles. The molecule has 4 heteroatoms. The maximum atomic E-state index is 11.9. The van der Waals surface area contributed by atoms with Crippen LogP contribution < -0.4 is 10.6 Å². The summed E-state index contributed by atoms with van der Waals surface area (Å²) in [5, 5.41) is 6.63. The highest BCUT2D eigenvalue weighted by Gasteiger charge is 2.43. The standard InChI is InChI=1S/C16H28N2O.ClH/c19-16(7-6-12-8-9-17-11-12)18-15-10-14(15)13-4-2-1-3-5-13;/h12-15,17H,1-11H2,(H,18,19);1H. The lowest BCUT2D eigenvalue weighted by atomic mass is 9.85. The van der Waals surface area contributed by atoms with Crippen LogP contribution >= 0.6 is 12.4 Å². The summed E-state index contributed by atoms with van der Waals surface area (Å²) < 4.78 is 0. The minimum absolute atomic E-state index is 0. The molecule has 3 aliphatic rings. The van der Waals surface area contributed by atoms with Crippen LogP contribution in [0.15, 0.2) is 0 Å². The highest BCUT2D eigenvalue weighted by molar-refractivity contribution is 5.85. The summed E-state index contributed by atoms with van der Waals surface area (Å²) in [4.78, 5) is 11.9. The molecule has 3 atom stereocenters. The van der Waals surface area contributed by atoms with E-state index in [4.69, 9.17) is 0 Å². The third-order valence-corrected chi connectivity index (χ3v) is 5.38. The van der Waals surface area contributed by atoms with Gasteiger partial charge in [-0.2, -0.15) is 0 Å². The second-order valence-electron chi connectivity index (χ2n) is 6.87. The molecule has 2 N–H and O–H groups in total. The van der Waals surface area contributed by atoms with Gasteiger partial charge in [-0.05, 0) is 50.1 Å². The Hall–Kier alpha value is -0.280. The van der Waals surface area contributed by atoms with Crippen LogP contribution in [0.5, 0.6) is 0 Å². The van der Waals surface area contributed by atoms with Gasteiger partial charge in [0.05, 0.1) is 0 Å². The first-order valence-electron chi connectivity index (χ1n) is 8.33. The number of hydrogen-bond donors (Lipinski definition) is 2. The third kappa shape index (κ3) is 4.36. The Morgan fingerprint density at radius 2 is 1.95 bits per heavy atom. The van der Waals surface area contributed by atoms with Crippen molar-refractivity contribution in [3.63, 3.8) is 0 Å². The zero-order valence-corrected chi connectivity index (χ0v) is 13.2. The average Bonchev–Trinajstić information content (AvgIpc) is 3.00. The van der Waals surface area contributed by atoms with E-state index in [-0.39, 0.29) is 12.4 Å². The van der Waals surface area contributed by atoms with E-state index >= 15 is 0 Å². The van der Waals surface area contributed by atoms with E-state index in [1.165, 1.54) is 44.9 Å². The van der Waals surface area contributed by atoms with E-state index in [1.54, 1.807) is 0 Å². The molecule has 3 nitrogen and oxygen atoms in total. The van der Waals surface area contributed by atoms with Gasteiger partial charge in [-0.25, -0.2) is 0 Å². The van der Waals surface area contributed by atoms with Crippen LogP contribution in [0, 0.1) is 17.8 Å². The van der Waals surface area contributed by atoms with Gasteiger partial charge in [0.25, 0.3) is 0 Å². The van der Waals surface area contributed by atoms with Crippen molar-refractivity contribution in [1.29, 1.82) is 0 Å². The van der Waals surface area contributed by atoms with E-state index in [2.05, 4.69) is 10.6 Å². The molecule has 0 spiro atoms. The molecule has 3 fully saturated rings. The summed E-state index contributed by atoms with van der Waals surface area (Å²) in [5.74, 6) is 2.77. The van der Waals surface area contributed by atoms with Crippen LogP contribution in [0.25, 0.3) is 0 Å². The Morgan fingerprint density at radius 1 is 1.15 bits per heavy atom. The van der Waals surface area contributed by atoms with Crippen LogP contribution in [-0.2, 0) is 4.79 Å². The van der Waals surface area contributed by atoms with E-state index in [0.29, 0.717) is 11.9 Å². The van der Waals surface area contributed by atoms with Gasteiger partial charge < -0.3 is 10.6 Å². The summed E-state index contributed by atoms with van der Waals surface area (Å²) in [6.07, 6.45) is 11.4. The summed E-state index contributed by atoms with van der Waals surface area (Å²) in [7, 11) is 0. The summed E-state index contributed by atoms with van der Waals surface area (Å²) in [6, 6.07) is 0.525. The molecule has 3 unspecified atom stereocenters. The van der Waals surface area contributed by atoms with E-state index < -0.39 is 0 Å². The molecule has 1 heterocycles. The van der Waals surface area contributed by atoms with Gasteiger partial charge in [0, 0.05) is 12.5 Å². The number of nitrogens with one attached hydrogen (secondary N) is 2. The lowest BCUT2D eigenvalue weighted by Gasteiger charge is -2.21. The van der Waals surface area contributed by atoms with Gasteiger partial charge in [-0.15, -0.1) is 12.4 Å². The Labute approximate surface area is 129 Å². The molecule has 0 aromatic carbocycles. The van der Waals surface area contributed by atoms with Gasteiger partial charge in [-0.3, -0.25) is 4.79 Å². The summed E-state index contributed by atoms with van der Waals surface area (Å²) in [6.45, 7) is 2.25. The smallest absolute Gasteiger partial charge is 0.220 e. The molecule has 116 valence electrons. The lowest BCUT2D eigenvalue weighted by Crippen LogP contribution is -2.28. The minimum Gasteiger partial charge on any atom is -0.353 e. The van der Waals surface area contributed by atoms with Crippen molar-refractivity contribution in [2.75, 3.05) is 13.1 Å². The third-order valence-electron chi connectivity index (χ3n) is 5.38. The van der Waals surface area contributed by atoms with Crippen LogP contribution in [-0.4, -0.2) is 25.0 Å². The molecule has 0 radical (unpaired) electrons. The lowest BCUT2D eigenvalue weighted by molar-refractivity contribution is -0.121. The number of hydrogen-bond acceptors (Lipinski definition) is 2. The number of carbonyl (C=O) groups excluding carboxylic acids is 1. The Kier molecular flexibility index (Phi) is 6.16. The molecule has 2 aliphatic carbocycles. The Bertz CT molecular complexity index is 312. The van der Waals surface area contributed by atoms with Crippen molar-refractivity contribution in [3.8, 4) is 0 Å². The van der Waals surface area contributed by atoms with Gasteiger partial charge in [0.1, 0.15) is 0 Å². The first-order chi connectivity index (χ1) is 9.33. The topological polar surface area (TPSA) is 41.1 Å². The second kappa shape index (κ2) is 7.65. The predicted molar refractivity (Wildman–Crippen MR) is 84.1 cm³/mol. The molecule has 20 heavy (non-hydrogen) atoms. The highest BCUT2D eigenvalue weighted by Crippen LogP contribution is 2.44. The minimum atomic E-state index is 0. The largest absolute Gasteiger partial charge is 0.353 e. The monoisotopic (exact) mass is 300 g/mol. The predicted octanol–water partition coefficient (Wildman–Crippen LogP) is 2.88. The average molecular weight is 301 g/mol. The van der Waals surface area contributed by atoms with Crippen molar-refractivity contribution < 1.29 is 4.79 Å². The fourth-order valence-corrected chi connectivity index (χ4v) is 4.04. The van der Waals surface area contributed by atoms with Crippen molar-refractivity contribution in [2.24, 2.45) is 17.8 Å². The fourth-order valence-electron chi connectivity index (χ4n) is 4.04. The highest BCUT2D eigenvalue weighted by atomic mass is 35.5. The van der Waals surface area contributed by atoms with Crippen molar-refractivity contribution >= 4 is 18.3 Å². The first kappa shape index (κ1) is 16.1. The molecule has 1 amide bonds. The normalized spacial score (nSPS) is 33.5. The van der Waals surface area contributed by atoms with E-state index in [1.807, 2.05) is 0 Å². The molecular weight excluding hydrogens is 272 g/mol. The maximum absolute atomic E-state index is 11.9. The first-order valence-corrected chi connectivity index (χ1v) is 8.33. The number of amides is 1. The molecule has 1 saturated heterocycles. The van der Waals surface area contributed by atoms with Crippen LogP contribution in [0.2, 0.25) is 0 Å². The van der Waals surface area contributed by atoms with E-state index in [9.17, 15) is 4.79 Å². The van der Waals surface area contributed by atoms with Crippen molar-refractivity contribution in [3.05, 3.63) is 0 Å². The fraction of sp³-hybridized carbons (Fsp3) is 0.938. The Balaban J connectivity index is 0.00000147. The molecule has 0 aromatic heterocycles. The SMILES string of the molecule is Cl.O=C(CCC1CCNC1)NC1CC1C1CCCCC1. The summed E-state index contributed by atoms with van der Waals surface area (Å²) in [5.41, 5.74) is 0. The molecule has 1 aliphatic heterocycles. The van der Waals surface area contributed by atoms with Gasteiger partial charge in [0.15, 0.2) is 0 Å². The Morgan fingerprint density at radius 3 is 2.65 bits per heavy atom. The number of carbonyl (C=O) groups is 1. The molecule has 0 bridgehead atoms. The zero-order valence-electron chi connectivity index (χ0n) is 12.4. The maximum Gasteiger partial charge on any atom is 0.220 e. The van der Waals surface area contributed by atoms with E-state index in [0.717, 1.165) is 43.7 Å². The quantitative estimate of drug-likeness (QED) is 0.820. The van der Waals surface area contributed by atoms with Crippen LogP contribution in [0.4, 0.5) is 0 Å². The summed E-state index contributed by atoms with van der Waals surface area (Å²) >= 11 is 0. The van der Waals surface area contributed by atoms with Gasteiger partial charge >= 0.3 is 0 Å². The zero-order chi connectivity index (χ0) is 13.1. The molecule has 0 aromatic rings. The number of halogens is 1. The van der Waals surface area contributed by atoms with Crippen LogP contribution in [0.3, 0.4) is 0 Å². The van der Waals surface area contributed by atoms with Crippen molar-refractivity contribution in [2.45, 2.75) is 63.8 Å². The molecular formula is C16H29ClN2O. The van der Waals surface area contributed by atoms with Gasteiger partial charge in [-0.1, -0.05) is 32.1 Å². The second-order valence-corrected chi connectivity index (χ2v) is 6.87. The van der Waals surface area contributed by atoms with Crippen molar-refractivity contribution in [1.82, 2.24) is 10.6 Å². The van der Waals surface area contributed by atoms with Gasteiger partial charge in [0.2, 0.25) is 5.91 Å². The number of rotatable bonds is 5. The molecule has 3 rings (SSSR count). The van der Waals surface area contributed by atoms with Crippen LogP contribution in [0.1, 0.15) is 57.8 Å².